The first kappa shape index (κ1) is 16.3. The Labute approximate surface area is 132 Å². The van der Waals surface area contributed by atoms with E-state index in [4.69, 9.17) is 5.26 Å². The average molecular weight is 300 g/mol. The van der Waals surface area contributed by atoms with Crippen molar-refractivity contribution in [3.8, 4) is 6.07 Å². The standard InChI is InChI=1S/C17H24N4O/c1-4-20(5-2)17(22)14-8-10-21(11-9-14)16-7-6-13(3)15(12-18)19-16/h6-7,14H,4-5,8-11H2,1-3H3. The SMILES string of the molecule is CCN(CC)C(=O)C1CCN(c2ccc(C)c(C#N)n2)CC1. The van der Waals surface area contributed by atoms with Crippen LogP contribution in [0.15, 0.2) is 12.1 Å². The highest BCUT2D eigenvalue weighted by atomic mass is 16.2. The van der Waals surface area contributed by atoms with E-state index in [1.807, 2.05) is 37.8 Å². The Morgan fingerprint density at radius 2 is 2.00 bits per heavy atom. The summed E-state index contributed by atoms with van der Waals surface area (Å²) in [6.45, 7) is 9.13. The van der Waals surface area contributed by atoms with Gasteiger partial charge in [-0.25, -0.2) is 4.98 Å². The number of carbonyl (C=O) groups is 1. The number of hydrogen-bond acceptors (Lipinski definition) is 4. The van der Waals surface area contributed by atoms with Gasteiger partial charge in [0.25, 0.3) is 0 Å². The monoisotopic (exact) mass is 300 g/mol. The van der Waals surface area contributed by atoms with Gasteiger partial charge in [0.05, 0.1) is 0 Å². The van der Waals surface area contributed by atoms with Gasteiger partial charge in [-0.2, -0.15) is 5.26 Å². The fraction of sp³-hybridized carbons (Fsp3) is 0.588. The van der Waals surface area contributed by atoms with Crippen molar-refractivity contribution in [2.45, 2.75) is 33.6 Å². The minimum Gasteiger partial charge on any atom is -0.357 e. The fourth-order valence-electron chi connectivity index (χ4n) is 2.96. The molecule has 0 aromatic carbocycles. The van der Waals surface area contributed by atoms with Crippen LogP contribution < -0.4 is 4.90 Å². The highest BCUT2D eigenvalue weighted by Gasteiger charge is 2.28. The summed E-state index contributed by atoms with van der Waals surface area (Å²) in [5.41, 5.74) is 1.39. The van der Waals surface area contributed by atoms with E-state index >= 15 is 0 Å². The number of nitrogens with zero attached hydrogens (tertiary/aromatic N) is 4. The quantitative estimate of drug-likeness (QED) is 0.856. The first-order valence-electron chi connectivity index (χ1n) is 8.02. The number of nitriles is 1. The lowest BCUT2D eigenvalue weighted by molar-refractivity contribution is -0.135. The van der Waals surface area contributed by atoms with Crippen LogP contribution in [-0.2, 0) is 4.79 Å². The topological polar surface area (TPSA) is 60.2 Å². The van der Waals surface area contributed by atoms with Crippen LogP contribution in [0.3, 0.4) is 0 Å². The highest BCUT2D eigenvalue weighted by Crippen LogP contribution is 2.24. The Morgan fingerprint density at radius 1 is 1.36 bits per heavy atom. The van der Waals surface area contributed by atoms with Gasteiger partial charge in [-0.15, -0.1) is 0 Å². The zero-order valence-corrected chi connectivity index (χ0v) is 13.7. The number of anilines is 1. The molecule has 22 heavy (non-hydrogen) atoms. The summed E-state index contributed by atoms with van der Waals surface area (Å²) in [6.07, 6.45) is 1.71. The largest absolute Gasteiger partial charge is 0.357 e. The second-order valence-electron chi connectivity index (χ2n) is 5.72. The molecule has 0 radical (unpaired) electrons. The van der Waals surface area contributed by atoms with Gasteiger partial charge in [0, 0.05) is 32.1 Å². The third-order valence-electron chi connectivity index (χ3n) is 4.43. The normalized spacial score (nSPS) is 15.5. The molecule has 0 unspecified atom stereocenters. The van der Waals surface area contributed by atoms with Gasteiger partial charge < -0.3 is 9.80 Å². The van der Waals surface area contributed by atoms with E-state index in [9.17, 15) is 4.79 Å². The van der Waals surface area contributed by atoms with E-state index in [1.54, 1.807) is 0 Å². The van der Waals surface area contributed by atoms with E-state index in [2.05, 4.69) is 16.0 Å². The molecule has 1 aromatic heterocycles. The van der Waals surface area contributed by atoms with Gasteiger partial charge >= 0.3 is 0 Å². The van der Waals surface area contributed by atoms with E-state index in [0.717, 1.165) is 50.4 Å². The number of aromatic nitrogens is 1. The molecule has 0 saturated carbocycles. The first-order valence-corrected chi connectivity index (χ1v) is 8.02. The van der Waals surface area contributed by atoms with Gasteiger partial charge in [-0.05, 0) is 45.2 Å². The van der Waals surface area contributed by atoms with Gasteiger partial charge in [-0.1, -0.05) is 6.07 Å². The lowest BCUT2D eigenvalue weighted by Gasteiger charge is -2.34. The number of rotatable bonds is 4. The maximum absolute atomic E-state index is 12.4. The Balaban J connectivity index is 2.00. The van der Waals surface area contributed by atoms with Crippen LogP contribution in [0.2, 0.25) is 0 Å². The summed E-state index contributed by atoms with van der Waals surface area (Å²) in [7, 11) is 0. The lowest BCUT2D eigenvalue weighted by atomic mass is 9.95. The van der Waals surface area contributed by atoms with Crippen molar-refractivity contribution < 1.29 is 4.79 Å². The molecule has 0 atom stereocenters. The molecule has 5 heteroatoms. The number of piperidine rings is 1. The maximum Gasteiger partial charge on any atom is 0.225 e. The molecule has 0 N–H and O–H groups in total. The fourth-order valence-corrected chi connectivity index (χ4v) is 2.96. The van der Waals surface area contributed by atoms with E-state index in [-0.39, 0.29) is 11.8 Å². The summed E-state index contributed by atoms with van der Waals surface area (Å²) in [6, 6.07) is 6.03. The third-order valence-corrected chi connectivity index (χ3v) is 4.43. The van der Waals surface area contributed by atoms with Crippen molar-refractivity contribution in [2.24, 2.45) is 5.92 Å². The predicted molar refractivity (Wildman–Crippen MR) is 86.6 cm³/mol. The van der Waals surface area contributed by atoms with Crippen LogP contribution in [0.5, 0.6) is 0 Å². The van der Waals surface area contributed by atoms with E-state index in [1.165, 1.54) is 0 Å². The van der Waals surface area contributed by atoms with Crippen LogP contribution in [0.1, 0.15) is 37.9 Å². The van der Waals surface area contributed by atoms with Crippen LogP contribution >= 0.6 is 0 Å². The van der Waals surface area contributed by atoms with Gasteiger partial charge in [0.15, 0.2) is 0 Å². The van der Waals surface area contributed by atoms with Gasteiger partial charge in [0.2, 0.25) is 5.91 Å². The molecule has 2 rings (SSSR count). The zero-order chi connectivity index (χ0) is 16.1. The van der Waals surface area contributed by atoms with Crippen molar-refractivity contribution in [1.29, 1.82) is 5.26 Å². The van der Waals surface area contributed by atoms with Crippen molar-refractivity contribution in [3.05, 3.63) is 23.4 Å². The average Bonchev–Trinajstić information content (AvgIpc) is 2.56. The summed E-state index contributed by atoms with van der Waals surface area (Å²) in [5, 5.41) is 9.09. The van der Waals surface area contributed by atoms with E-state index in [0.29, 0.717) is 5.69 Å². The molecule has 1 fully saturated rings. The lowest BCUT2D eigenvalue weighted by Crippen LogP contribution is -2.42. The Hall–Kier alpha value is -2.09. The van der Waals surface area contributed by atoms with E-state index < -0.39 is 0 Å². The van der Waals surface area contributed by atoms with Crippen LogP contribution in [0, 0.1) is 24.2 Å². The molecule has 1 saturated heterocycles. The minimum absolute atomic E-state index is 0.122. The summed E-state index contributed by atoms with van der Waals surface area (Å²) in [4.78, 5) is 20.9. The zero-order valence-electron chi connectivity index (χ0n) is 13.7. The minimum atomic E-state index is 0.122. The molecule has 1 aromatic rings. The number of aryl methyl sites for hydroxylation is 1. The van der Waals surface area contributed by atoms with Gasteiger partial charge in [-0.3, -0.25) is 4.79 Å². The predicted octanol–water partition coefficient (Wildman–Crippen LogP) is 2.35. The summed E-state index contributed by atoms with van der Waals surface area (Å²) >= 11 is 0. The molecule has 0 aliphatic carbocycles. The van der Waals surface area contributed by atoms with Crippen molar-refractivity contribution in [2.75, 3.05) is 31.1 Å². The molecule has 1 aliphatic heterocycles. The van der Waals surface area contributed by atoms with Crippen molar-refractivity contribution in [1.82, 2.24) is 9.88 Å². The highest BCUT2D eigenvalue weighted by molar-refractivity contribution is 5.79. The Bertz CT molecular complexity index is 567. The Morgan fingerprint density at radius 3 is 2.55 bits per heavy atom. The second kappa shape index (κ2) is 7.26. The molecular formula is C17H24N4O. The number of hydrogen-bond donors (Lipinski definition) is 0. The molecule has 0 spiro atoms. The van der Waals surface area contributed by atoms with Crippen molar-refractivity contribution >= 4 is 11.7 Å². The summed E-state index contributed by atoms with van der Waals surface area (Å²) in [5.74, 6) is 1.24. The number of amides is 1. The maximum atomic E-state index is 12.4. The third kappa shape index (κ3) is 3.38. The number of carbonyl (C=O) groups excluding carboxylic acids is 1. The number of pyridine rings is 1. The molecular weight excluding hydrogens is 276 g/mol. The first-order chi connectivity index (χ1) is 10.6. The molecule has 1 aliphatic rings. The molecule has 118 valence electrons. The summed E-state index contributed by atoms with van der Waals surface area (Å²) < 4.78 is 0. The molecule has 0 bridgehead atoms. The molecule has 5 nitrogen and oxygen atoms in total. The van der Waals surface area contributed by atoms with Crippen molar-refractivity contribution in [3.63, 3.8) is 0 Å². The van der Waals surface area contributed by atoms with Crippen LogP contribution in [-0.4, -0.2) is 42.0 Å². The Kier molecular flexibility index (Phi) is 5.37. The smallest absolute Gasteiger partial charge is 0.225 e. The molecule has 1 amide bonds. The van der Waals surface area contributed by atoms with Crippen LogP contribution in [0.25, 0.3) is 0 Å². The second-order valence-corrected chi connectivity index (χ2v) is 5.72. The van der Waals surface area contributed by atoms with Gasteiger partial charge in [0.1, 0.15) is 17.6 Å². The molecule has 2 heterocycles. The van der Waals surface area contributed by atoms with Crippen LogP contribution in [0.4, 0.5) is 5.82 Å².